The number of methoxy groups -OCH3 is 6. The molecule has 0 bridgehead atoms. The molecule has 0 aliphatic heterocycles. The average Bonchev–Trinajstić information content (AvgIpc) is 2.62. The SMILES string of the molecule is COC([SiH3])C(OC)(OC)[Si](C)(O[Si](C)(C)O[SiH](C)C)C(OC)(OC)C([SiH3])OC. The standard InChI is InChI=1S/C15H42O8Si5/c1-16-12(24)14(18-3,19-4)28(11,23-27(9,10)22-26(7)8)15(20-5,21-6)13(25)17-2/h12-13,26H,1-11,24-25H3. The van der Waals surface area contributed by atoms with Gasteiger partial charge in [0, 0.05) is 63.1 Å². The quantitative estimate of drug-likeness (QED) is 0.227. The normalized spacial score (nSPS) is 18.4. The van der Waals surface area contributed by atoms with E-state index in [1.165, 1.54) is 0 Å². The third-order valence-electron chi connectivity index (χ3n) is 5.29. The monoisotopic (exact) mass is 490 g/mol. The molecule has 0 spiro atoms. The molecule has 0 aromatic heterocycles. The van der Waals surface area contributed by atoms with Gasteiger partial charge in [0.05, 0.1) is 11.5 Å². The summed E-state index contributed by atoms with van der Waals surface area (Å²) < 4.78 is 49.0. The van der Waals surface area contributed by atoms with Crippen LogP contribution in [0.15, 0.2) is 0 Å². The van der Waals surface area contributed by atoms with Crippen LogP contribution in [-0.4, -0.2) is 111 Å². The van der Waals surface area contributed by atoms with Gasteiger partial charge in [-0.05, 0) is 32.7 Å². The first-order valence-electron chi connectivity index (χ1n) is 9.47. The Morgan fingerprint density at radius 1 is 0.714 bits per heavy atom. The van der Waals surface area contributed by atoms with Crippen molar-refractivity contribution in [1.82, 2.24) is 0 Å². The second kappa shape index (κ2) is 11.4. The Bertz CT molecular complexity index is 434. The van der Waals surface area contributed by atoms with E-state index in [2.05, 4.69) is 13.1 Å². The zero-order chi connectivity index (χ0) is 22.4. The fraction of sp³-hybridized carbons (Fsp3) is 1.00. The first kappa shape index (κ1) is 28.8. The van der Waals surface area contributed by atoms with Crippen molar-refractivity contribution in [2.24, 2.45) is 0 Å². The van der Waals surface area contributed by atoms with E-state index >= 15 is 0 Å². The van der Waals surface area contributed by atoms with Gasteiger partial charge in [-0.3, -0.25) is 0 Å². The predicted octanol–water partition coefficient (Wildman–Crippen LogP) is -0.987. The molecule has 0 amide bonds. The molecule has 13 heteroatoms. The minimum absolute atomic E-state index is 0.323. The molecular formula is C15H42O8Si5. The highest BCUT2D eigenvalue weighted by molar-refractivity contribution is 6.88. The van der Waals surface area contributed by atoms with E-state index in [4.69, 9.17) is 36.7 Å². The van der Waals surface area contributed by atoms with Crippen LogP contribution >= 0.6 is 0 Å². The Morgan fingerprint density at radius 2 is 1.04 bits per heavy atom. The minimum atomic E-state index is -3.29. The maximum absolute atomic E-state index is 6.95. The van der Waals surface area contributed by atoms with Gasteiger partial charge in [-0.2, -0.15) is 0 Å². The molecule has 28 heavy (non-hydrogen) atoms. The molecule has 0 rings (SSSR count). The highest BCUT2D eigenvalue weighted by Crippen LogP contribution is 2.44. The molecule has 8 nitrogen and oxygen atoms in total. The first-order valence-corrected chi connectivity index (χ1v) is 19.8. The highest BCUT2D eigenvalue weighted by atomic mass is 28.5. The van der Waals surface area contributed by atoms with Gasteiger partial charge in [0.25, 0.3) is 0 Å². The molecule has 0 saturated carbocycles. The average molecular weight is 491 g/mol. The number of hydrogen-bond donors (Lipinski definition) is 0. The summed E-state index contributed by atoms with van der Waals surface area (Å²) in [5, 5.41) is 0. The Morgan fingerprint density at radius 3 is 1.25 bits per heavy atom. The van der Waals surface area contributed by atoms with Crippen LogP contribution in [0.2, 0.25) is 32.7 Å². The topological polar surface area (TPSA) is 73.8 Å². The Labute approximate surface area is 180 Å². The molecule has 0 N–H and O–H groups in total. The summed E-state index contributed by atoms with van der Waals surface area (Å²) in [6.07, 6.45) is 0. The Kier molecular flexibility index (Phi) is 11.7. The summed E-state index contributed by atoms with van der Waals surface area (Å²) in [6, 6.07) is 0. The zero-order valence-corrected chi connectivity index (χ0v) is 27.2. The van der Waals surface area contributed by atoms with Gasteiger partial charge in [-0.15, -0.1) is 0 Å². The van der Waals surface area contributed by atoms with Crippen LogP contribution in [0.25, 0.3) is 0 Å². The Hall–Kier alpha value is 0.764. The molecule has 0 aromatic carbocycles. The van der Waals surface area contributed by atoms with E-state index in [0.717, 1.165) is 0 Å². The van der Waals surface area contributed by atoms with Crippen LogP contribution in [0.4, 0.5) is 0 Å². The summed E-state index contributed by atoms with van der Waals surface area (Å²) >= 11 is 0. The Balaban J connectivity index is 6.91. The summed E-state index contributed by atoms with van der Waals surface area (Å²) in [6.45, 7) is 10.4. The molecule has 0 saturated heterocycles. The molecule has 2 atom stereocenters. The lowest BCUT2D eigenvalue weighted by molar-refractivity contribution is -0.245. The van der Waals surface area contributed by atoms with Crippen LogP contribution in [0.1, 0.15) is 0 Å². The van der Waals surface area contributed by atoms with Crippen LogP contribution in [0.5, 0.6) is 0 Å². The van der Waals surface area contributed by atoms with Gasteiger partial charge in [0.15, 0.2) is 9.04 Å². The van der Waals surface area contributed by atoms with Crippen LogP contribution < -0.4 is 0 Å². The molecule has 0 aromatic rings. The van der Waals surface area contributed by atoms with Crippen molar-refractivity contribution in [2.75, 3.05) is 42.7 Å². The lowest BCUT2D eigenvalue weighted by Gasteiger charge is -2.57. The van der Waals surface area contributed by atoms with Crippen LogP contribution in [0, 0.1) is 0 Å². The van der Waals surface area contributed by atoms with E-state index in [-0.39, 0.29) is 11.5 Å². The molecule has 0 aliphatic rings. The van der Waals surface area contributed by atoms with E-state index in [9.17, 15) is 0 Å². The van der Waals surface area contributed by atoms with E-state index < -0.39 is 36.7 Å². The van der Waals surface area contributed by atoms with E-state index in [1.807, 2.05) is 19.6 Å². The fourth-order valence-corrected chi connectivity index (χ4v) is 22.5. The van der Waals surface area contributed by atoms with Crippen molar-refractivity contribution in [3.05, 3.63) is 0 Å². The van der Waals surface area contributed by atoms with Crippen molar-refractivity contribution in [3.8, 4) is 0 Å². The van der Waals surface area contributed by atoms with Gasteiger partial charge in [0.2, 0.25) is 10.8 Å². The molecule has 170 valence electrons. The third-order valence-corrected chi connectivity index (χ3v) is 21.0. The fourth-order valence-electron chi connectivity index (χ4n) is 4.16. The van der Waals surface area contributed by atoms with Crippen molar-refractivity contribution < 1.29 is 36.7 Å². The molecular weight excluding hydrogens is 449 g/mol. The molecule has 0 aliphatic carbocycles. The minimum Gasteiger partial charge on any atom is -0.440 e. The summed E-state index contributed by atoms with van der Waals surface area (Å²) in [7, 11) is 3.82. The van der Waals surface area contributed by atoms with Gasteiger partial charge >= 0.3 is 16.9 Å². The largest absolute Gasteiger partial charge is 0.440 e. The lowest BCUT2D eigenvalue weighted by atomic mass is 10.6. The lowest BCUT2D eigenvalue weighted by Crippen LogP contribution is -2.83. The zero-order valence-electron chi connectivity index (χ0n) is 20.0. The van der Waals surface area contributed by atoms with Crippen molar-refractivity contribution in [3.63, 3.8) is 0 Å². The first-order chi connectivity index (χ1) is 12.8. The molecule has 0 heterocycles. The van der Waals surface area contributed by atoms with Gasteiger partial charge < -0.3 is 36.7 Å². The maximum atomic E-state index is 6.95. The van der Waals surface area contributed by atoms with Crippen molar-refractivity contribution in [2.45, 2.75) is 55.0 Å². The van der Waals surface area contributed by atoms with Gasteiger partial charge in [0.1, 0.15) is 0 Å². The van der Waals surface area contributed by atoms with Gasteiger partial charge in [-0.1, -0.05) is 0 Å². The second-order valence-corrected chi connectivity index (χ2v) is 19.8. The van der Waals surface area contributed by atoms with E-state index in [1.54, 1.807) is 42.7 Å². The second-order valence-electron chi connectivity index (χ2n) is 7.61. The molecule has 0 fully saturated rings. The molecule has 2 unspecified atom stereocenters. The smallest absolute Gasteiger partial charge is 0.315 e. The van der Waals surface area contributed by atoms with Crippen LogP contribution in [-0.2, 0) is 36.7 Å². The van der Waals surface area contributed by atoms with Crippen molar-refractivity contribution in [1.29, 1.82) is 0 Å². The third kappa shape index (κ3) is 5.32. The number of ether oxygens (including phenoxy) is 6. The van der Waals surface area contributed by atoms with Crippen LogP contribution in [0.3, 0.4) is 0 Å². The van der Waals surface area contributed by atoms with E-state index in [0.29, 0.717) is 20.5 Å². The summed E-state index contributed by atoms with van der Waals surface area (Å²) in [4.78, 5) is 0. The molecule has 0 radical (unpaired) electrons. The summed E-state index contributed by atoms with van der Waals surface area (Å²) in [5.41, 5.74) is -2.99. The predicted molar refractivity (Wildman–Crippen MR) is 125 cm³/mol. The highest BCUT2D eigenvalue weighted by Gasteiger charge is 2.73. The number of rotatable bonds is 14. The van der Waals surface area contributed by atoms with Crippen molar-refractivity contribution >= 4 is 46.4 Å². The maximum Gasteiger partial charge on any atom is 0.315 e. The van der Waals surface area contributed by atoms with Gasteiger partial charge in [-0.25, -0.2) is 0 Å². The number of hydrogen-bond acceptors (Lipinski definition) is 8. The summed E-state index contributed by atoms with van der Waals surface area (Å²) in [5.74, 6) is 0.